The highest BCUT2D eigenvalue weighted by Crippen LogP contribution is 2.37. The Bertz CT molecular complexity index is 1680. The van der Waals surface area contributed by atoms with Gasteiger partial charge in [-0.25, -0.2) is 13.2 Å². The van der Waals surface area contributed by atoms with Crippen LogP contribution >= 0.6 is 0 Å². The number of ether oxygens (including phenoxy) is 1. The summed E-state index contributed by atoms with van der Waals surface area (Å²) in [6, 6.07) is 13.1. The number of carbonyl (C=O) groups is 2. The fraction of sp³-hybridized carbons (Fsp3) is 0.344. The van der Waals surface area contributed by atoms with E-state index in [1.165, 1.54) is 18.2 Å². The topological polar surface area (TPSA) is 73.2 Å². The van der Waals surface area contributed by atoms with E-state index in [0.717, 1.165) is 43.1 Å². The van der Waals surface area contributed by atoms with Crippen LogP contribution in [0, 0.1) is 0 Å². The van der Waals surface area contributed by atoms with Gasteiger partial charge in [-0.15, -0.1) is 0 Å². The zero-order chi connectivity index (χ0) is 31.8. The van der Waals surface area contributed by atoms with Gasteiger partial charge in [-0.1, -0.05) is 18.2 Å². The fourth-order valence-corrected chi connectivity index (χ4v) is 5.25. The lowest BCUT2D eigenvalue weighted by molar-refractivity contribution is -0.137. The van der Waals surface area contributed by atoms with Crippen molar-refractivity contribution in [2.45, 2.75) is 57.5 Å². The smallest absolute Gasteiger partial charge is 0.379 e. The molecule has 1 aliphatic rings. The molecule has 4 aromatic rings. The molecule has 0 aliphatic carbocycles. The summed E-state index contributed by atoms with van der Waals surface area (Å²) in [5, 5.41) is 3.08. The van der Waals surface area contributed by atoms with E-state index in [9.17, 15) is 35.9 Å². The number of nitrogens with zero attached hydrogens (tertiary/aromatic N) is 2. The van der Waals surface area contributed by atoms with Crippen molar-refractivity contribution in [3.05, 3.63) is 88.7 Å². The summed E-state index contributed by atoms with van der Waals surface area (Å²) in [6.45, 7) is 2.92. The molecule has 5 rings (SSSR count). The minimum atomic E-state index is -4.47. The number of aromatic nitrogens is 2. The number of Topliss-reactive ketones (excluding diaryl/α,β-unsaturated/α-hetero) is 1. The molecule has 1 N–H and O–H groups in total. The molecule has 44 heavy (non-hydrogen) atoms. The first-order chi connectivity index (χ1) is 20.7. The Labute approximate surface area is 249 Å². The molecule has 12 heteroatoms. The Hall–Kier alpha value is -4.19. The van der Waals surface area contributed by atoms with Crippen molar-refractivity contribution in [3.63, 3.8) is 0 Å². The van der Waals surface area contributed by atoms with Crippen LogP contribution in [0.4, 0.5) is 26.3 Å². The van der Waals surface area contributed by atoms with Gasteiger partial charge in [0.15, 0.2) is 11.5 Å². The molecule has 232 valence electrons. The number of rotatable bonds is 9. The monoisotopic (exact) mass is 617 g/mol. The van der Waals surface area contributed by atoms with Crippen LogP contribution in [0.3, 0.4) is 0 Å². The molecule has 0 saturated carbocycles. The molecule has 0 radical (unpaired) electrons. The van der Waals surface area contributed by atoms with Crippen molar-refractivity contribution in [1.82, 2.24) is 14.9 Å². The molecule has 1 atom stereocenters. The molecule has 1 aliphatic heterocycles. The highest BCUT2D eigenvalue weighted by molar-refractivity contribution is 5.99. The number of hydrogen-bond acceptors (Lipinski definition) is 4. The zero-order valence-corrected chi connectivity index (χ0v) is 23.9. The van der Waals surface area contributed by atoms with Gasteiger partial charge in [-0.3, -0.25) is 14.6 Å². The number of nitrogens with one attached hydrogen (secondary N) is 1. The third-order valence-corrected chi connectivity index (χ3v) is 7.52. The number of fused-ring (bicyclic) bond motifs is 1. The number of hydrogen-bond donors (Lipinski definition) is 1. The van der Waals surface area contributed by atoms with Crippen molar-refractivity contribution in [3.8, 4) is 11.3 Å². The van der Waals surface area contributed by atoms with Crippen molar-refractivity contribution >= 4 is 22.6 Å². The standard InChI is InChI=1S/C32H29F6N3O3/c1-31(2,35)30(43)40-16-19-12-24(28(29(33)34)39-15-19)27(42)13-18-3-8-25-21(11-18)14-26(41(25)23-9-10-44-17-23)20-4-6-22(7-5-20)32(36,37)38/h3-8,11-12,14-15,23,29H,9-10,13,16-17H2,1-2H3,(H,40,43)/t23-/m1/s1. The lowest BCUT2D eigenvalue weighted by atomic mass is 9.99. The maximum absolute atomic E-state index is 13.9. The summed E-state index contributed by atoms with van der Waals surface area (Å²) in [6.07, 6.45) is -5.92. The minimum absolute atomic E-state index is 0.0526. The molecule has 1 fully saturated rings. The van der Waals surface area contributed by atoms with Crippen LogP contribution in [-0.4, -0.2) is 40.1 Å². The van der Waals surface area contributed by atoms with Crippen molar-refractivity contribution in [2.75, 3.05) is 13.2 Å². The third kappa shape index (κ3) is 6.64. The van der Waals surface area contributed by atoms with E-state index >= 15 is 0 Å². The molecule has 0 unspecified atom stereocenters. The number of halogens is 6. The van der Waals surface area contributed by atoms with Gasteiger partial charge in [-0.2, -0.15) is 13.2 Å². The molecule has 6 nitrogen and oxygen atoms in total. The second-order valence-electron chi connectivity index (χ2n) is 11.2. The van der Waals surface area contributed by atoms with E-state index < -0.39 is 41.2 Å². The first kappa shape index (κ1) is 31.2. The number of pyridine rings is 1. The molecule has 1 saturated heterocycles. The largest absolute Gasteiger partial charge is 0.416 e. The second kappa shape index (κ2) is 12.1. The first-order valence-corrected chi connectivity index (χ1v) is 13.9. The van der Waals surface area contributed by atoms with Crippen molar-refractivity contribution in [2.24, 2.45) is 0 Å². The molecule has 2 aromatic carbocycles. The lowest BCUT2D eigenvalue weighted by Gasteiger charge is -2.17. The Morgan fingerprint density at radius 2 is 1.75 bits per heavy atom. The van der Waals surface area contributed by atoms with E-state index in [1.807, 2.05) is 10.6 Å². The SMILES string of the molecule is CC(C)(F)C(=O)NCc1cnc(C(F)F)c(C(=O)Cc2ccc3c(c2)cc(-c2ccc(C(F)(F)F)cc2)n3[C@@H]2CCOC2)c1. The van der Waals surface area contributed by atoms with E-state index in [4.69, 9.17) is 4.74 Å². The first-order valence-electron chi connectivity index (χ1n) is 13.9. The van der Waals surface area contributed by atoms with Crippen molar-refractivity contribution < 1.29 is 40.7 Å². The molecule has 3 heterocycles. The van der Waals surface area contributed by atoms with Crippen molar-refractivity contribution in [1.29, 1.82) is 0 Å². The Kier molecular flexibility index (Phi) is 8.57. The average Bonchev–Trinajstić information content (AvgIpc) is 3.62. The fourth-order valence-electron chi connectivity index (χ4n) is 5.25. The highest BCUT2D eigenvalue weighted by Gasteiger charge is 2.31. The lowest BCUT2D eigenvalue weighted by Crippen LogP contribution is -2.38. The molecule has 0 spiro atoms. The second-order valence-corrected chi connectivity index (χ2v) is 11.2. The van der Waals surface area contributed by atoms with Gasteiger partial charge in [0.05, 0.1) is 18.2 Å². The summed E-state index contributed by atoms with van der Waals surface area (Å²) < 4.78 is 88.5. The Morgan fingerprint density at radius 1 is 1.02 bits per heavy atom. The molecule has 1 amide bonds. The predicted octanol–water partition coefficient (Wildman–Crippen LogP) is 7.41. The van der Waals surface area contributed by atoms with Gasteiger partial charge in [-0.05, 0) is 73.4 Å². The van der Waals surface area contributed by atoms with Crippen LogP contribution in [0.5, 0.6) is 0 Å². The van der Waals surface area contributed by atoms with Gasteiger partial charge in [0.2, 0.25) is 0 Å². The average molecular weight is 618 g/mol. The molecule has 2 aromatic heterocycles. The summed E-state index contributed by atoms with van der Waals surface area (Å²) >= 11 is 0. The minimum Gasteiger partial charge on any atom is -0.379 e. The maximum atomic E-state index is 13.9. The number of carbonyl (C=O) groups excluding carboxylic acids is 2. The van der Waals surface area contributed by atoms with Gasteiger partial charge in [0.1, 0.15) is 5.69 Å². The summed E-state index contributed by atoms with van der Waals surface area (Å²) in [4.78, 5) is 28.9. The molecular formula is C32H29F6N3O3. The van der Waals surface area contributed by atoms with E-state index in [-0.39, 0.29) is 30.1 Å². The third-order valence-electron chi connectivity index (χ3n) is 7.52. The number of alkyl halides is 6. The zero-order valence-electron chi connectivity index (χ0n) is 23.9. The van der Waals surface area contributed by atoms with Gasteiger partial charge in [0, 0.05) is 47.9 Å². The van der Waals surface area contributed by atoms with Crippen LogP contribution < -0.4 is 5.32 Å². The van der Waals surface area contributed by atoms with Gasteiger partial charge >= 0.3 is 6.18 Å². The van der Waals surface area contributed by atoms with Gasteiger partial charge < -0.3 is 14.6 Å². The van der Waals surface area contributed by atoms with Gasteiger partial charge in [0.25, 0.3) is 12.3 Å². The Balaban J connectivity index is 1.45. The van der Waals surface area contributed by atoms with E-state index in [0.29, 0.717) is 36.5 Å². The van der Waals surface area contributed by atoms with Crippen LogP contribution in [0.15, 0.2) is 60.8 Å². The summed E-state index contributed by atoms with van der Waals surface area (Å²) in [5.41, 5.74) is -1.09. The number of amides is 1. The van der Waals surface area contributed by atoms with Crippen LogP contribution in [0.25, 0.3) is 22.2 Å². The maximum Gasteiger partial charge on any atom is 0.416 e. The number of ketones is 1. The molecular weight excluding hydrogens is 588 g/mol. The van der Waals surface area contributed by atoms with Crippen LogP contribution in [0.1, 0.15) is 65.5 Å². The number of benzene rings is 2. The quantitative estimate of drug-likeness (QED) is 0.157. The summed E-state index contributed by atoms with van der Waals surface area (Å²) in [5.74, 6) is -1.53. The van der Waals surface area contributed by atoms with E-state index in [2.05, 4.69) is 10.3 Å². The predicted molar refractivity (Wildman–Crippen MR) is 151 cm³/mol. The normalized spacial score (nSPS) is 15.7. The summed E-state index contributed by atoms with van der Waals surface area (Å²) in [7, 11) is 0. The highest BCUT2D eigenvalue weighted by atomic mass is 19.4. The van der Waals surface area contributed by atoms with Crippen LogP contribution in [0.2, 0.25) is 0 Å². The molecule has 0 bridgehead atoms. The van der Waals surface area contributed by atoms with E-state index in [1.54, 1.807) is 18.2 Å². The van der Waals surface area contributed by atoms with Crippen LogP contribution in [-0.2, 0) is 28.7 Å². The Morgan fingerprint density at radius 3 is 2.36 bits per heavy atom.